The summed E-state index contributed by atoms with van der Waals surface area (Å²) < 4.78 is 0. The van der Waals surface area contributed by atoms with Crippen LogP contribution in [0.15, 0.2) is 22.0 Å². The molecule has 0 aliphatic heterocycles. The highest BCUT2D eigenvalue weighted by molar-refractivity contribution is 5.96. The lowest BCUT2D eigenvalue weighted by Crippen LogP contribution is -2.58. The van der Waals surface area contributed by atoms with Crippen molar-refractivity contribution in [3.8, 4) is 0 Å². The summed E-state index contributed by atoms with van der Waals surface area (Å²) in [6.45, 7) is 4.10. The number of aliphatic hydroxyl groups is 2. The third-order valence-corrected chi connectivity index (χ3v) is 9.01. The second-order valence-electron chi connectivity index (χ2n) is 9.65. The Morgan fingerprint density at radius 1 is 1.07 bits per heavy atom. The van der Waals surface area contributed by atoms with Gasteiger partial charge in [0.15, 0.2) is 0 Å². The number of allylic oxidation sites excluding steroid dienone is 2. The molecule has 6 nitrogen and oxygen atoms in total. The van der Waals surface area contributed by atoms with Gasteiger partial charge in [-0.15, -0.1) is 0 Å². The van der Waals surface area contributed by atoms with E-state index in [9.17, 15) is 20.6 Å². The van der Waals surface area contributed by atoms with E-state index >= 15 is 0 Å². The van der Waals surface area contributed by atoms with E-state index in [1.807, 2.05) is 0 Å². The standard InChI is InChI=1S/C21H32N2O4/c1-19-8-5-14(22-26)11-13(19)3-4-15-16(19)6-9-20(2)17(15)7-10-21(20,25)18(12-24)23-27/h11,15-17,24-27H,3-10,12H2,1-2H3/b22-14-,23-18-/t15-,16+,17+,19+,20+,21+/m1/s1. The first-order valence-electron chi connectivity index (χ1n) is 10.3. The van der Waals surface area contributed by atoms with Crippen LogP contribution in [0.3, 0.4) is 0 Å². The molecule has 4 aliphatic rings. The van der Waals surface area contributed by atoms with Crippen LogP contribution in [0.4, 0.5) is 0 Å². The molecule has 4 rings (SSSR count). The Labute approximate surface area is 160 Å². The minimum absolute atomic E-state index is 0.120. The number of aliphatic hydroxyl groups excluding tert-OH is 1. The van der Waals surface area contributed by atoms with Gasteiger partial charge < -0.3 is 20.6 Å². The zero-order chi connectivity index (χ0) is 19.4. The molecular weight excluding hydrogens is 344 g/mol. The molecule has 0 aromatic carbocycles. The van der Waals surface area contributed by atoms with Gasteiger partial charge >= 0.3 is 0 Å². The Bertz CT molecular complexity index is 717. The van der Waals surface area contributed by atoms with E-state index in [-0.39, 0.29) is 16.5 Å². The van der Waals surface area contributed by atoms with Crippen molar-refractivity contribution in [2.75, 3.05) is 6.61 Å². The Morgan fingerprint density at radius 3 is 2.48 bits per heavy atom. The number of hydrogen-bond donors (Lipinski definition) is 4. The molecule has 0 radical (unpaired) electrons. The van der Waals surface area contributed by atoms with Gasteiger partial charge in [-0.25, -0.2) is 0 Å². The minimum Gasteiger partial charge on any atom is -0.411 e. The molecule has 0 amide bonds. The van der Waals surface area contributed by atoms with E-state index in [2.05, 4.69) is 30.2 Å². The normalized spacial score (nSPS) is 48.6. The second-order valence-corrected chi connectivity index (χ2v) is 9.65. The van der Waals surface area contributed by atoms with Gasteiger partial charge in [0.2, 0.25) is 0 Å². The van der Waals surface area contributed by atoms with E-state index in [4.69, 9.17) is 0 Å². The summed E-state index contributed by atoms with van der Waals surface area (Å²) in [4.78, 5) is 0. The van der Waals surface area contributed by atoms with Crippen LogP contribution in [0, 0.1) is 28.6 Å². The third-order valence-electron chi connectivity index (χ3n) is 9.01. The van der Waals surface area contributed by atoms with Crippen molar-refractivity contribution in [1.82, 2.24) is 0 Å². The molecule has 3 fully saturated rings. The summed E-state index contributed by atoms with van der Waals surface area (Å²) >= 11 is 0. The highest BCUT2D eigenvalue weighted by Crippen LogP contribution is 2.67. The highest BCUT2D eigenvalue weighted by atomic mass is 16.4. The summed E-state index contributed by atoms with van der Waals surface area (Å²) in [6, 6.07) is 0. The van der Waals surface area contributed by atoms with Crippen LogP contribution in [0.1, 0.15) is 65.2 Å². The van der Waals surface area contributed by atoms with Gasteiger partial charge in [-0.1, -0.05) is 29.7 Å². The van der Waals surface area contributed by atoms with E-state index in [0.717, 1.165) is 50.7 Å². The number of fused-ring (bicyclic) bond motifs is 5. The quantitative estimate of drug-likeness (QED) is 0.337. The van der Waals surface area contributed by atoms with Gasteiger partial charge in [-0.2, -0.15) is 0 Å². The molecule has 0 bridgehead atoms. The van der Waals surface area contributed by atoms with Gasteiger partial charge in [-0.3, -0.25) is 0 Å². The largest absolute Gasteiger partial charge is 0.411 e. The maximum Gasteiger partial charge on any atom is 0.114 e. The predicted molar refractivity (Wildman–Crippen MR) is 102 cm³/mol. The van der Waals surface area contributed by atoms with Crippen molar-refractivity contribution < 1.29 is 20.6 Å². The molecule has 0 saturated heterocycles. The molecule has 4 aliphatic carbocycles. The summed E-state index contributed by atoms with van der Waals surface area (Å²) in [5.41, 5.74) is 0.907. The number of nitrogens with zero attached hydrogens (tertiary/aromatic N) is 2. The monoisotopic (exact) mass is 376 g/mol. The van der Waals surface area contributed by atoms with Crippen molar-refractivity contribution in [1.29, 1.82) is 0 Å². The number of oxime groups is 2. The SMILES string of the molecule is C[C@]12CC/C(=N/O)C=C1CC[C@@H]1[C@@H]2CC[C@@]2(C)[C@H]1CC[C@]2(O)/C(CO)=N\O. The van der Waals surface area contributed by atoms with E-state index in [1.165, 1.54) is 5.57 Å². The molecule has 150 valence electrons. The van der Waals surface area contributed by atoms with Gasteiger partial charge in [0.25, 0.3) is 0 Å². The highest BCUT2D eigenvalue weighted by Gasteiger charge is 2.65. The van der Waals surface area contributed by atoms with E-state index in [0.29, 0.717) is 24.2 Å². The van der Waals surface area contributed by atoms with E-state index in [1.54, 1.807) is 0 Å². The summed E-state index contributed by atoms with van der Waals surface area (Å²) in [5, 5.41) is 46.3. The van der Waals surface area contributed by atoms with Gasteiger partial charge in [0, 0.05) is 5.41 Å². The average Bonchev–Trinajstić information content (AvgIpc) is 2.94. The van der Waals surface area contributed by atoms with E-state index < -0.39 is 12.2 Å². The van der Waals surface area contributed by atoms with Crippen molar-refractivity contribution in [3.05, 3.63) is 11.6 Å². The molecule has 0 unspecified atom stereocenters. The Hall–Kier alpha value is -1.40. The van der Waals surface area contributed by atoms with Gasteiger partial charge in [0.1, 0.15) is 11.3 Å². The lowest BCUT2D eigenvalue weighted by Gasteiger charge is -2.59. The second kappa shape index (κ2) is 6.31. The van der Waals surface area contributed by atoms with Crippen LogP contribution in [0.25, 0.3) is 0 Å². The summed E-state index contributed by atoms with van der Waals surface area (Å²) in [7, 11) is 0. The molecule has 3 saturated carbocycles. The summed E-state index contributed by atoms with van der Waals surface area (Å²) in [5.74, 6) is 1.48. The van der Waals surface area contributed by atoms with Crippen LogP contribution in [-0.2, 0) is 0 Å². The molecule has 0 aromatic rings. The molecule has 6 heteroatoms. The molecular formula is C21H32N2O4. The lowest BCUT2D eigenvalue weighted by molar-refractivity contribution is -0.0964. The topological polar surface area (TPSA) is 106 Å². The maximum atomic E-state index is 11.5. The molecule has 0 heterocycles. The van der Waals surface area contributed by atoms with Crippen molar-refractivity contribution in [3.63, 3.8) is 0 Å². The maximum absolute atomic E-state index is 11.5. The average molecular weight is 376 g/mol. The first-order valence-corrected chi connectivity index (χ1v) is 10.3. The Kier molecular flexibility index (Phi) is 4.43. The van der Waals surface area contributed by atoms with Crippen LogP contribution >= 0.6 is 0 Å². The first kappa shape index (κ1) is 18.9. The minimum atomic E-state index is -1.22. The Morgan fingerprint density at radius 2 is 1.81 bits per heavy atom. The molecule has 4 N–H and O–H groups in total. The van der Waals surface area contributed by atoms with Crippen molar-refractivity contribution in [2.45, 2.75) is 70.8 Å². The smallest absolute Gasteiger partial charge is 0.114 e. The molecule has 6 atom stereocenters. The zero-order valence-corrected chi connectivity index (χ0v) is 16.4. The van der Waals surface area contributed by atoms with Crippen LogP contribution in [0.5, 0.6) is 0 Å². The zero-order valence-electron chi connectivity index (χ0n) is 16.4. The van der Waals surface area contributed by atoms with Gasteiger partial charge in [-0.05, 0) is 80.6 Å². The van der Waals surface area contributed by atoms with Crippen LogP contribution < -0.4 is 0 Å². The Balaban J connectivity index is 1.68. The first-order chi connectivity index (χ1) is 12.8. The fourth-order valence-corrected chi connectivity index (χ4v) is 7.39. The molecule has 0 aromatic heterocycles. The third kappa shape index (κ3) is 2.38. The van der Waals surface area contributed by atoms with Crippen LogP contribution in [-0.4, -0.2) is 44.3 Å². The number of rotatable bonds is 2. The fraction of sp³-hybridized carbons (Fsp3) is 0.810. The molecule has 0 spiro atoms. The fourth-order valence-electron chi connectivity index (χ4n) is 7.39. The van der Waals surface area contributed by atoms with Crippen molar-refractivity contribution >= 4 is 11.4 Å². The van der Waals surface area contributed by atoms with Crippen LogP contribution in [0.2, 0.25) is 0 Å². The number of hydrogen-bond acceptors (Lipinski definition) is 6. The lowest BCUT2D eigenvalue weighted by atomic mass is 9.46. The van der Waals surface area contributed by atoms with Crippen molar-refractivity contribution in [2.24, 2.45) is 38.9 Å². The predicted octanol–water partition coefficient (Wildman–Crippen LogP) is 3.33. The molecule has 27 heavy (non-hydrogen) atoms. The summed E-state index contributed by atoms with van der Waals surface area (Å²) in [6.07, 6.45) is 9.42. The van der Waals surface area contributed by atoms with Gasteiger partial charge in [0.05, 0.1) is 12.3 Å².